The van der Waals surface area contributed by atoms with Crippen molar-refractivity contribution in [3.8, 4) is 0 Å². The first-order valence-corrected chi connectivity index (χ1v) is 6.36. The number of hydrogen-bond acceptors (Lipinski definition) is 2. The van der Waals surface area contributed by atoms with Gasteiger partial charge < -0.3 is 10.0 Å². The Morgan fingerprint density at radius 3 is 2.69 bits per heavy atom. The van der Waals surface area contributed by atoms with Crippen LogP contribution in [0.4, 0.5) is 0 Å². The van der Waals surface area contributed by atoms with E-state index >= 15 is 0 Å². The Kier molecular flexibility index (Phi) is 4.36. The standard InChI is InChI=1S/C13H25NO2/c1-5-13(3,4)12(16)14-8-6-7-11(9-14)10(2)15/h10-11,15H,5-9H2,1-4H3. The van der Waals surface area contributed by atoms with Crippen LogP contribution in [-0.4, -0.2) is 35.1 Å². The van der Waals surface area contributed by atoms with Crippen molar-refractivity contribution in [2.24, 2.45) is 11.3 Å². The van der Waals surface area contributed by atoms with Crippen LogP contribution in [0.5, 0.6) is 0 Å². The highest BCUT2D eigenvalue weighted by atomic mass is 16.3. The number of carbonyl (C=O) groups is 1. The number of likely N-dealkylation sites (tertiary alicyclic amines) is 1. The summed E-state index contributed by atoms with van der Waals surface area (Å²) in [7, 11) is 0. The van der Waals surface area contributed by atoms with Gasteiger partial charge in [0.1, 0.15) is 0 Å². The third-order valence-electron chi connectivity index (χ3n) is 3.89. The second-order valence-corrected chi connectivity index (χ2v) is 5.63. The monoisotopic (exact) mass is 227 g/mol. The molecule has 2 atom stereocenters. The number of nitrogens with zero attached hydrogens (tertiary/aromatic N) is 1. The lowest BCUT2D eigenvalue weighted by molar-refractivity contribution is -0.143. The molecule has 3 nitrogen and oxygen atoms in total. The molecule has 1 N–H and O–H groups in total. The van der Waals surface area contributed by atoms with Crippen molar-refractivity contribution >= 4 is 5.91 Å². The quantitative estimate of drug-likeness (QED) is 0.801. The van der Waals surface area contributed by atoms with Gasteiger partial charge in [-0.05, 0) is 26.2 Å². The van der Waals surface area contributed by atoms with Gasteiger partial charge in [-0.25, -0.2) is 0 Å². The molecule has 1 rings (SSSR count). The van der Waals surface area contributed by atoms with Crippen molar-refractivity contribution in [3.05, 3.63) is 0 Å². The summed E-state index contributed by atoms with van der Waals surface area (Å²) in [5, 5.41) is 9.60. The molecule has 0 radical (unpaired) electrons. The highest BCUT2D eigenvalue weighted by Gasteiger charge is 2.33. The zero-order valence-electron chi connectivity index (χ0n) is 11.0. The van der Waals surface area contributed by atoms with E-state index in [1.807, 2.05) is 32.6 Å². The topological polar surface area (TPSA) is 40.5 Å². The Morgan fingerprint density at radius 2 is 2.19 bits per heavy atom. The summed E-state index contributed by atoms with van der Waals surface area (Å²) in [5.74, 6) is 0.491. The third-order valence-corrected chi connectivity index (χ3v) is 3.89. The van der Waals surface area contributed by atoms with Crippen LogP contribution in [0.3, 0.4) is 0 Å². The van der Waals surface area contributed by atoms with Gasteiger partial charge in [0.05, 0.1) is 6.10 Å². The minimum atomic E-state index is -0.305. The van der Waals surface area contributed by atoms with Gasteiger partial charge in [-0.15, -0.1) is 0 Å². The summed E-state index contributed by atoms with van der Waals surface area (Å²) in [6.45, 7) is 9.45. The molecular formula is C13H25NO2. The minimum Gasteiger partial charge on any atom is -0.393 e. The fourth-order valence-corrected chi connectivity index (χ4v) is 2.17. The summed E-state index contributed by atoms with van der Waals surface area (Å²) < 4.78 is 0. The van der Waals surface area contributed by atoms with Crippen molar-refractivity contribution < 1.29 is 9.90 Å². The van der Waals surface area contributed by atoms with Gasteiger partial charge in [0, 0.05) is 24.4 Å². The molecule has 0 bridgehead atoms. The molecule has 0 spiro atoms. The van der Waals surface area contributed by atoms with Crippen LogP contribution in [0.2, 0.25) is 0 Å². The fraction of sp³-hybridized carbons (Fsp3) is 0.923. The molecule has 94 valence electrons. The van der Waals surface area contributed by atoms with Gasteiger partial charge in [0.15, 0.2) is 0 Å². The van der Waals surface area contributed by atoms with E-state index in [1.165, 1.54) is 0 Å². The maximum Gasteiger partial charge on any atom is 0.228 e. The number of piperidine rings is 1. The highest BCUT2D eigenvalue weighted by Crippen LogP contribution is 2.27. The summed E-state index contributed by atoms with van der Waals surface area (Å²) in [4.78, 5) is 14.2. The summed E-state index contributed by atoms with van der Waals surface area (Å²) in [5.41, 5.74) is -0.263. The smallest absolute Gasteiger partial charge is 0.228 e. The number of rotatable bonds is 3. The largest absolute Gasteiger partial charge is 0.393 e. The molecule has 1 heterocycles. The van der Waals surface area contributed by atoms with Gasteiger partial charge in [-0.1, -0.05) is 20.8 Å². The van der Waals surface area contributed by atoms with Crippen molar-refractivity contribution in [2.75, 3.05) is 13.1 Å². The lowest BCUT2D eigenvalue weighted by atomic mass is 9.86. The molecule has 1 saturated heterocycles. The molecule has 1 aliphatic rings. The van der Waals surface area contributed by atoms with E-state index in [0.717, 1.165) is 32.4 Å². The Labute approximate surface area is 98.8 Å². The van der Waals surface area contributed by atoms with Crippen molar-refractivity contribution in [3.63, 3.8) is 0 Å². The Morgan fingerprint density at radius 1 is 1.56 bits per heavy atom. The number of hydrogen-bond donors (Lipinski definition) is 1. The first kappa shape index (κ1) is 13.5. The summed E-state index contributed by atoms with van der Waals surface area (Å²) in [6.07, 6.45) is 2.61. The van der Waals surface area contributed by atoms with E-state index in [1.54, 1.807) is 0 Å². The third kappa shape index (κ3) is 2.97. The molecule has 0 aromatic rings. The van der Waals surface area contributed by atoms with E-state index < -0.39 is 0 Å². The molecule has 16 heavy (non-hydrogen) atoms. The lowest BCUT2D eigenvalue weighted by Gasteiger charge is -2.38. The number of amides is 1. The first-order valence-electron chi connectivity index (χ1n) is 6.36. The molecule has 1 aliphatic heterocycles. The van der Waals surface area contributed by atoms with Crippen molar-refractivity contribution in [1.82, 2.24) is 4.90 Å². The van der Waals surface area contributed by atoms with E-state index in [0.29, 0.717) is 0 Å². The predicted octanol–water partition coefficient (Wildman–Crippen LogP) is 2.04. The number of aliphatic hydroxyl groups excluding tert-OH is 1. The Balaban J connectivity index is 2.64. The predicted molar refractivity (Wildman–Crippen MR) is 65.1 cm³/mol. The van der Waals surface area contributed by atoms with Crippen LogP contribution in [0.15, 0.2) is 0 Å². The van der Waals surface area contributed by atoms with Gasteiger partial charge in [-0.3, -0.25) is 4.79 Å². The first-order chi connectivity index (χ1) is 7.38. The Hall–Kier alpha value is -0.570. The van der Waals surface area contributed by atoms with Gasteiger partial charge in [0.2, 0.25) is 5.91 Å². The van der Waals surface area contributed by atoms with Crippen LogP contribution in [-0.2, 0) is 4.79 Å². The van der Waals surface area contributed by atoms with Gasteiger partial charge in [0.25, 0.3) is 0 Å². The maximum absolute atomic E-state index is 12.3. The summed E-state index contributed by atoms with van der Waals surface area (Å²) >= 11 is 0. The molecule has 0 saturated carbocycles. The van der Waals surface area contributed by atoms with Gasteiger partial charge >= 0.3 is 0 Å². The molecule has 3 heteroatoms. The van der Waals surface area contributed by atoms with E-state index in [4.69, 9.17) is 0 Å². The van der Waals surface area contributed by atoms with E-state index in [9.17, 15) is 9.90 Å². The Bertz CT molecular complexity index is 248. The minimum absolute atomic E-state index is 0.236. The average molecular weight is 227 g/mol. The average Bonchev–Trinajstić information content (AvgIpc) is 2.28. The lowest BCUT2D eigenvalue weighted by Crippen LogP contribution is -2.47. The second-order valence-electron chi connectivity index (χ2n) is 5.63. The number of aliphatic hydroxyl groups is 1. The maximum atomic E-state index is 12.3. The highest BCUT2D eigenvalue weighted by molar-refractivity contribution is 5.82. The molecule has 0 aliphatic carbocycles. The second kappa shape index (κ2) is 5.17. The molecule has 0 aromatic carbocycles. The fourth-order valence-electron chi connectivity index (χ4n) is 2.17. The number of carbonyl (C=O) groups excluding carboxylic acids is 1. The van der Waals surface area contributed by atoms with Crippen LogP contribution in [0.25, 0.3) is 0 Å². The normalized spacial score (nSPS) is 24.3. The van der Waals surface area contributed by atoms with Gasteiger partial charge in [-0.2, -0.15) is 0 Å². The van der Waals surface area contributed by atoms with Crippen LogP contribution in [0, 0.1) is 11.3 Å². The zero-order chi connectivity index (χ0) is 12.3. The van der Waals surface area contributed by atoms with E-state index in [-0.39, 0.29) is 23.3 Å². The van der Waals surface area contributed by atoms with Crippen molar-refractivity contribution in [2.45, 2.75) is 53.1 Å². The molecule has 2 unspecified atom stereocenters. The summed E-state index contributed by atoms with van der Waals surface area (Å²) in [6, 6.07) is 0. The van der Waals surface area contributed by atoms with Crippen molar-refractivity contribution in [1.29, 1.82) is 0 Å². The van der Waals surface area contributed by atoms with Crippen LogP contribution >= 0.6 is 0 Å². The molecule has 0 aromatic heterocycles. The SMILES string of the molecule is CCC(C)(C)C(=O)N1CCCC(C(C)O)C1. The van der Waals surface area contributed by atoms with Crippen LogP contribution in [0.1, 0.15) is 47.0 Å². The van der Waals surface area contributed by atoms with E-state index in [2.05, 4.69) is 0 Å². The zero-order valence-corrected chi connectivity index (χ0v) is 11.0. The van der Waals surface area contributed by atoms with Crippen LogP contribution < -0.4 is 0 Å². The molecular weight excluding hydrogens is 202 g/mol. The molecule has 1 amide bonds. The molecule has 1 fully saturated rings.